The Morgan fingerprint density at radius 1 is 1.10 bits per heavy atom. The summed E-state index contributed by atoms with van der Waals surface area (Å²) in [5, 5.41) is 0. The maximum absolute atomic E-state index is 13.4. The average molecular weight is 278 g/mol. The molecule has 104 valence electrons. The number of ether oxygens (including phenoxy) is 2. The molecule has 0 unspecified atom stereocenters. The van der Waals surface area contributed by atoms with Gasteiger partial charge in [0.25, 0.3) is 0 Å². The van der Waals surface area contributed by atoms with E-state index in [-0.39, 0.29) is 12.2 Å². The minimum absolute atomic E-state index is 0.119. The zero-order chi connectivity index (χ0) is 14.5. The first-order valence-corrected chi connectivity index (χ1v) is 5.85. The van der Waals surface area contributed by atoms with Crippen LogP contribution in [0.5, 0.6) is 5.75 Å². The van der Waals surface area contributed by atoms with Crippen molar-refractivity contribution in [1.29, 1.82) is 0 Å². The molecular weight excluding hydrogens is 266 g/mol. The molecule has 2 aromatic rings. The molecule has 20 heavy (non-hydrogen) atoms. The molecule has 0 atom stereocenters. The van der Waals surface area contributed by atoms with E-state index in [0.717, 1.165) is 12.1 Å². The van der Waals surface area contributed by atoms with Gasteiger partial charge < -0.3 is 9.47 Å². The summed E-state index contributed by atoms with van der Waals surface area (Å²) in [4.78, 5) is 11.7. The first-order valence-electron chi connectivity index (χ1n) is 5.85. The van der Waals surface area contributed by atoms with Crippen LogP contribution >= 0.6 is 0 Å². The predicted molar refractivity (Wildman–Crippen MR) is 68.5 cm³/mol. The zero-order valence-corrected chi connectivity index (χ0v) is 10.7. The third-order valence-corrected chi connectivity index (χ3v) is 2.70. The molecule has 0 N–H and O–H groups in total. The Morgan fingerprint density at radius 2 is 1.80 bits per heavy atom. The van der Waals surface area contributed by atoms with E-state index in [4.69, 9.17) is 9.47 Å². The number of carbonyl (C=O) groups is 1. The Morgan fingerprint density at radius 3 is 2.40 bits per heavy atom. The Balaban J connectivity index is 2.00. The SMILES string of the molecule is COc1ccc(C(=O)OCc2ccc(F)cc2F)cc1. The molecule has 0 aliphatic heterocycles. The van der Waals surface area contributed by atoms with Gasteiger partial charge in [-0.15, -0.1) is 0 Å². The van der Waals surface area contributed by atoms with Crippen LogP contribution in [0.25, 0.3) is 0 Å². The van der Waals surface area contributed by atoms with Crippen LogP contribution in [-0.4, -0.2) is 13.1 Å². The van der Waals surface area contributed by atoms with Crippen LogP contribution in [-0.2, 0) is 11.3 Å². The molecule has 0 spiro atoms. The highest BCUT2D eigenvalue weighted by Gasteiger charge is 2.10. The van der Waals surface area contributed by atoms with Gasteiger partial charge in [0, 0.05) is 11.6 Å². The van der Waals surface area contributed by atoms with E-state index in [1.54, 1.807) is 24.3 Å². The van der Waals surface area contributed by atoms with Crippen molar-refractivity contribution in [3.05, 3.63) is 65.2 Å². The van der Waals surface area contributed by atoms with Crippen molar-refractivity contribution < 1.29 is 23.0 Å². The summed E-state index contributed by atoms with van der Waals surface area (Å²) >= 11 is 0. The molecule has 0 heterocycles. The summed E-state index contributed by atoms with van der Waals surface area (Å²) in [6.45, 7) is -0.253. The third-order valence-electron chi connectivity index (χ3n) is 2.70. The number of hydrogen-bond acceptors (Lipinski definition) is 3. The van der Waals surface area contributed by atoms with Gasteiger partial charge in [-0.3, -0.25) is 0 Å². The van der Waals surface area contributed by atoms with Gasteiger partial charge in [0.15, 0.2) is 0 Å². The van der Waals surface area contributed by atoms with Crippen molar-refractivity contribution >= 4 is 5.97 Å². The van der Waals surface area contributed by atoms with Gasteiger partial charge in [-0.25, -0.2) is 13.6 Å². The second-order valence-corrected chi connectivity index (χ2v) is 4.04. The second-order valence-electron chi connectivity index (χ2n) is 4.04. The second kappa shape index (κ2) is 6.14. The summed E-state index contributed by atoms with van der Waals surface area (Å²) in [7, 11) is 1.52. The number of rotatable bonds is 4. The van der Waals surface area contributed by atoms with E-state index < -0.39 is 17.6 Å². The predicted octanol–water partition coefficient (Wildman–Crippen LogP) is 3.33. The average Bonchev–Trinajstić information content (AvgIpc) is 2.46. The Labute approximate surface area is 114 Å². The van der Waals surface area contributed by atoms with Crippen molar-refractivity contribution in [3.63, 3.8) is 0 Å². The fourth-order valence-electron chi connectivity index (χ4n) is 1.59. The van der Waals surface area contributed by atoms with Crippen LogP contribution in [0.3, 0.4) is 0 Å². The van der Waals surface area contributed by atoms with Crippen molar-refractivity contribution in [2.24, 2.45) is 0 Å². The lowest BCUT2D eigenvalue weighted by atomic mass is 10.2. The lowest BCUT2D eigenvalue weighted by Crippen LogP contribution is -2.06. The highest BCUT2D eigenvalue weighted by Crippen LogP contribution is 2.14. The molecule has 2 aromatic carbocycles. The maximum Gasteiger partial charge on any atom is 0.338 e. The summed E-state index contributed by atoms with van der Waals surface area (Å²) in [5.74, 6) is -1.39. The molecular formula is C15H12F2O3. The largest absolute Gasteiger partial charge is 0.497 e. The summed E-state index contributed by atoms with van der Waals surface area (Å²) < 4.78 is 36.0. The summed E-state index contributed by atoms with van der Waals surface area (Å²) in [5.41, 5.74) is 0.446. The lowest BCUT2D eigenvalue weighted by molar-refractivity contribution is 0.0469. The van der Waals surface area contributed by atoms with E-state index in [9.17, 15) is 13.6 Å². The van der Waals surface area contributed by atoms with E-state index in [1.165, 1.54) is 13.2 Å². The van der Waals surface area contributed by atoms with Gasteiger partial charge in [-0.2, -0.15) is 0 Å². The number of methoxy groups -OCH3 is 1. The van der Waals surface area contributed by atoms with Gasteiger partial charge in [0.1, 0.15) is 24.0 Å². The van der Waals surface area contributed by atoms with E-state index in [1.807, 2.05) is 0 Å². The molecule has 0 saturated heterocycles. The van der Waals surface area contributed by atoms with E-state index in [2.05, 4.69) is 0 Å². The normalized spacial score (nSPS) is 10.2. The molecule has 2 rings (SSSR count). The third kappa shape index (κ3) is 3.32. The molecule has 0 aliphatic rings. The topological polar surface area (TPSA) is 35.5 Å². The first-order chi connectivity index (χ1) is 9.60. The maximum atomic E-state index is 13.4. The van der Waals surface area contributed by atoms with E-state index in [0.29, 0.717) is 11.3 Å². The number of hydrogen-bond donors (Lipinski definition) is 0. The fraction of sp³-hybridized carbons (Fsp3) is 0.133. The number of halogens is 2. The van der Waals surface area contributed by atoms with Crippen molar-refractivity contribution in [2.75, 3.05) is 7.11 Å². The minimum atomic E-state index is -0.743. The van der Waals surface area contributed by atoms with Crippen LogP contribution in [0.15, 0.2) is 42.5 Å². The van der Waals surface area contributed by atoms with Crippen molar-refractivity contribution in [1.82, 2.24) is 0 Å². The first kappa shape index (κ1) is 14.0. The van der Waals surface area contributed by atoms with Gasteiger partial charge in [-0.05, 0) is 36.4 Å². The van der Waals surface area contributed by atoms with Crippen LogP contribution in [0.4, 0.5) is 8.78 Å². The number of benzene rings is 2. The van der Waals surface area contributed by atoms with Crippen molar-refractivity contribution in [2.45, 2.75) is 6.61 Å². The quantitative estimate of drug-likeness (QED) is 0.805. The van der Waals surface area contributed by atoms with Crippen LogP contribution in [0.1, 0.15) is 15.9 Å². The highest BCUT2D eigenvalue weighted by atomic mass is 19.1. The highest BCUT2D eigenvalue weighted by molar-refractivity contribution is 5.89. The molecule has 0 aromatic heterocycles. The van der Waals surface area contributed by atoms with Crippen LogP contribution in [0.2, 0.25) is 0 Å². The van der Waals surface area contributed by atoms with Gasteiger partial charge >= 0.3 is 5.97 Å². The molecule has 0 radical (unpaired) electrons. The van der Waals surface area contributed by atoms with Gasteiger partial charge in [0.2, 0.25) is 0 Å². The molecule has 3 nitrogen and oxygen atoms in total. The zero-order valence-electron chi connectivity index (χ0n) is 10.7. The Hall–Kier alpha value is -2.43. The molecule has 0 bridgehead atoms. The minimum Gasteiger partial charge on any atom is -0.497 e. The molecule has 0 amide bonds. The van der Waals surface area contributed by atoms with Crippen LogP contribution < -0.4 is 4.74 Å². The van der Waals surface area contributed by atoms with Gasteiger partial charge in [-0.1, -0.05) is 0 Å². The van der Waals surface area contributed by atoms with Crippen molar-refractivity contribution in [3.8, 4) is 5.75 Å². The fourth-order valence-corrected chi connectivity index (χ4v) is 1.59. The summed E-state index contributed by atoms with van der Waals surface area (Å²) in [6.07, 6.45) is 0. The van der Waals surface area contributed by atoms with E-state index >= 15 is 0 Å². The standard InChI is InChI=1S/C15H12F2O3/c1-19-13-6-3-10(4-7-13)15(18)20-9-11-2-5-12(16)8-14(11)17/h2-8H,9H2,1H3. The Kier molecular flexibility index (Phi) is 4.30. The van der Waals surface area contributed by atoms with Crippen LogP contribution in [0, 0.1) is 11.6 Å². The molecule has 0 fully saturated rings. The monoisotopic (exact) mass is 278 g/mol. The lowest BCUT2D eigenvalue weighted by Gasteiger charge is -2.06. The summed E-state index contributed by atoms with van der Waals surface area (Å²) in [6, 6.07) is 9.43. The van der Waals surface area contributed by atoms with Gasteiger partial charge in [0.05, 0.1) is 12.7 Å². The number of carbonyl (C=O) groups excluding carboxylic acids is 1. The smallest absolute Gasteiger partial charge is 0.338 e. The number of esters is 1. The Bertz CT molecular complexity index is 609. The molecule has 5 heteroatoms. The molecule has 0 aliphatic carbocycles. The molecule has 0 saturated carbocycles.